The summed E-state index contributed by atoms with van der Waals surface area (Å²) in [6, 6.07) is 7.30. The van der Waals surface area contributed by atoms with Crippen molar-refractivity contribution in [1.29, 1.82) is 0 Å². The molecule has 0 aliphatic heterocycles. The fraction of sp³-hybridized carbons (Fsp3) is 0.385. The van der Waals surface area contributed by atoms with Gasteiger partial charge in [-0.15, -0.1) is 0 Å². The molecule has 0 saturated carbocycles. The predicted octanol–water partition coefficient (Wildman–Crippen LogP) is 2.02. The van der Waals surface area contributed by atoms with Crippen LogP contribution in [0, 0.1) is 0 Å². The first-order valence-corrected chi connectivity index (χ1v) is 5.28. The third-order valence-electron chi connectivity index (χ3n) is 2.68. The first-order chi connectivity index (χ1) is 7.88. The van der Waals surface area contributed by atoms with Crippen molar-refractivity contribution in [2.75, 3.05) is 7.11 Å². The van der Waals surface area contributed by atoms with Crippen LogP contribution in [0.2, 0.25) is 0 Å². The number of ketones is 1. The Morgan fingerprint density at radius 3 is 2.41 bits per heavy atom. The van der Waals surface area contributed by atoms with E-state index in [-0.39, 0.29) is 6.42 Å². The average molecular weight is 236 g/mol. The molecule has 0 heterocycles. The van der Waals surface area contributed by atoms with Gasteiger partial charge in [-0.2, -0.15) is 0 Å². The highest BCUT2D eigenvalue weighted by atomic mass is 16.5. The molecule has 1 aromatic carbocycles. The Bertz CT molecular complexity index is 435. The Balaban J connectivity index is 3.04. The molecule has 0 saturated heterocycles. The van der Waals surface area contributed by atoms with E-state index < -0.39 is 17.2 Å². The van der Waals surface area contributed by atoms with Crippen molar-refractivity contribution in [3.63, 3.8) is 0 Å². The van der Waals surface area contributed by atoms with Crippen molar-refractivity contribution in [2.24, 2.45) is 0 Å². The van der Waals surface area contributed by atoms with Crippen LogP contribution in [0.15, 0.2) is 24.3 Å². The van der Waals surface area contributed by atoms with Gasteiger partial charge in [-0.05, 0) is 6.07 Å². The van der Waals surface area contributed by atoms with Crippen molar-refractivity contribution in [2.45, 2.75) is 25.7 Å². The SMILES string of the molecule is COc1ccccc1C(C)(C)CC(=O)C(=O)O. The molecule has 0 aliphatic carbocycles. The monoisotopic (exact) mass is 236 g/mol. The lowest BCUT2D eigenvalue weighted by atomic mass is 9.79. The predicted molar refractivity (Wildman–Crippen MR) is 63.3 cm³/mol. The minimum Gasteiger partial charge on any atom is -0.496 e. The largest absolute Gasteiger partial charge is 0.496 e. The van der Waals surface area contributed by atoms with E-state index in [1.54, 1.807) is 13.2 Å². The Kier molecular flexibility index (Phi) is 3.89. The summed E-state index contributed by atoms with van der Waals surface area (Å²) < 4.78 is 5.21. The molecule has 0 spiro atoms. The van der Waals surface area contributed by atoms with Gasteiger partial charge in [0.05, 0.1) is 7.11 Å². The van der Waals surface area contributed by atoms with Gasteiger partial charge in [-0.3, -0.25) is 4.79 Å². The quantitative estimate of drug-likeness (QED) is 0.794. The molecule has 0 radical (unpaired) electrons. The van der Waals surface area contributed by atoms with Gasteiger partial charge in [-0.1, -0.05) is 32.0 Å². The number of rotatable bonds is 5. The third-order valence-corrected chi connectivity index (χ3v) is 2.68. The molecule has 0 unspecified atom stereocenters. The fourth-order valence-corrected chi connectivity index (χ4v) is 1.78. The molecule has 4 heteroatoms. The van der Waals surface area contributed by atoms with Crippen molar-refractivity contribution in [3.05, 3.63) is 29.8 Å². The second-order valence-corrected chi connectivity index (χ2v) is 4.49. The van der Waals surface area contributed by atoms with Crippen molar-refractivity contribution >= 4 is 11.8 Å². The number of carboxylic acids is 1. The van der Waals surface area contributed by atoms with Gasteiger partial charge in [0.25, 0.3) is 0 Å². The summed E-state index contributed by atoms with van der Waals surface area (Å²) in [6.45, 7) is 3.65. The molecule has 0 bridgehead atoms. The molecule has 0 fully saturated rings. The van der Waals surface area contributed by atoms with E-state index in [0.29, 0.717) is 5.75 Å². The second-order valence-electron chi connectivity index (χ2n) is 4.49. The third kappa shape index (κ3) is 3.06. The van der Waals surface area contributed by atoms with Crippen LogP contribution < -0.4 is 4.74 Å². The Morgan fingerprint density at radius 1 is 1.29 bits per heavy atom. The summed E-state index contributed by atoms with van der Waals surface area (Å²) in [6.07, 6.45) is -0.0529. The van der Waals surface area contributed by atoms with E-state index in [2.05, 4.69) is 0 Å². The van der Waals surface area contributed by atoms with Crippen LogP contribution in [0.4, 0.5) is 0 Å². The number of carbonyl (C=O) groups is 2. The first-order valence-electron chi connectivity index (χ1n) is 5.28. The van der Waals surface area contributed by atoms with Gasteiger partial charge in [-0.25, -0.2) is 4.79 Å². The molecule has 17 heavy (non-hydrogen) atoms. The van der Waals surface area contributed by atoms with Crippen molar-refractivity contribution < 1.29 is 19.4 Å². The lowest BCUT2D eigenvalue weighted by molar-refractivity contribution is -0.149. The summed E-state index contributed by atoms with van der Waals surface area (Å²) in [5.74, 6) is -1.52. The molecule has 1 rings (SSSR count). The summed E-state index contributed by atoms with van der Waals surface area (Å²) in [4.78, 5) is 21.9. The van der Waals surface area contributed by atoms with Crippen LogP contribution >= 0.6 is 0 Å². The summed E-state index contributed by atoms with van der Waals surface area (Å²) in [5.41, 5.74) is 0.263. The second kappa shape index (κ2) is 4.99. The molecule has 0 atom stereocenters. The summed E-state index contributed by atoms with van der Waals surface area (Å²) >= 11 is 0. The zero-order valence-electron chi connectivity index (χ0n) is 10.2. The normalized spacial score (nSPS) is 11.0. The fourth-order valence-electron chi connectivity index (χ4n) is 1.78. The number of carbonyl (C=O) groups excluding carboxylic acids is 1. The minimum atomic E-state index is -1.40. The maximum absolute atomic E-state index is 11.3. The summed E-state index contributed by atoms with van der Waals surface area (Å²) in [5, 5.41) is 8.64. The Morgan fingerprint density at radius 2 is 1.88 bits per heavy atom. The van der Waals surface area contributed by atoms with E-state index in [0.717, 1.165) is 5.56 Å². The minimum absolute atomic E-state index is 0.0529. The highest BCUT2D eigenvalue weighted by molar-refractivity contribution is 6.32. The lowest BCUT2D eigenvalue weighted by Gasteiger charge is -2.25. The lowest BCUT2D eigenvalue weighted by Crippen LogP contribution is -2.26. The number of Topliss-reactive ketones (excluding diaryl/α,β-unsaturated/α-hetero) is 1. The van der Waals surface area contributed by atoms with E-state index in [1.165, 1.54) is 0 Å². The first kappa shape index (κ1) is 13.2. The van der Waals surface area contributed by atoms with E-state index in [1.807, 2.05) is 32.0 Å². The van der Waals surface area contributed by atoms with Gasteiger partial charge in [0.2, 0.25) is 5.78 Å². The van der Waals surface area contributed by atoms with Crippen molar-refractivity contribution in [3.8, 4) is 5.75 Å². The molecule has 1 aromatic rings. The van der Waals surface area contributed by atoms with Gasteiger partial charge >= 0.3 is 5.97 Å². The maximum Gasteiger partial charge on any atom is 0.372 e. The number of carboxylic acid groups (broad SMARTS) is 1. The van der Waals surface area contributed by atoms with Crippen molar-refractivity contribution in [1.82, 2.24) is 0 Å². The number of aliphatic carboxylic acids is 1. The van der Waals surface area contributed by atoms with Gasteiger partial charge in [0, 0.05) is 17.4 Å². The van der Waals surface area contributed by atoms with Gasteiger partial charge < -0.3 is 9.84 Å². The van der Waals surface area contributed by atoms with Crippen LogP contribution in [0.5, 0.6) is 5.75 Å². The number of hydrogen-bond donors (Lipinski definition) is 1. The highest BCUT2D eigenvalue weighted by Crippen LogP contribution is 2.34. The number of ether oxygens (including phenoxy) is 1. The van der Waals surface area contributed by atoms with E-state index in [4.69, 9.17) is 9.84 Å². The maximum atomic E-state index is 11.3. The smallest absolute Gasteiger partial charge is 0.372 e. The van der Waals surface area contributed by atoms with Gasteiger partial charge in [0.1, 0.15) is 5.75 Å². The van der Waals surface area contributed by atoms with Crippen LogP contribution in [-0.2, 0) is 15.0 Å². The van der Waals surface area contributed by atoms with Crippen LogP contribution in [0.3, 0.4) is 0 Å². The standard InChI is InChI=1S/C13H16O4/c1-13(2,8-10(14)12(15)16)9-6-4-5-7-11(9)17-3/h4-7H,8H2,1-3H3,(H,15,16). The molecule has 1 N–H and O–H groups in total. The average Bonchev–Trinajstić information content (AvgIpc) is 2.28. The van der Waals surface area contributed by atoms with E-state index >= 15 is 0 Å². The molecule has 0 amide bonds. The molecule has 0 aromatic heterocycles. The highest BCUT2D eigenvalue weighted by Gasteiger charge is 2.29. The van der Waals surface area contributed by atoms with Crippen LogP contribution in [0.1, 0.15) is 25.8 Å². The number of para-hydroxylation sites is 1. The number of hydrogen-bond acceptors (Lipinski definition) is 3. The molecular formula is C13H16O4. The molecular weight excluding hydrogens is 220 g/mol. The zero-order valence-corrected chi connectivity index (χ0v) is 10.2. The van der Waals surface area contributed by atoms with Crippen LogP contribution in [0.25, 0.3) is 0 Å². The molecule has 92 valence electrons. The van der Waals surface area contributed by atoms with Crippen LogP contribution in [-0.4, -0.2) is 24.0 Å². The number of benzene rings is 1. The van der Waals surface area contributed by atoms with Gasteiger partial charge in [0.15, 0.2) is 0 Å². The Labute approximate surface area is 100 Å². The zero-order chi connectivity index (χ0) is 13.1. The number of methoxy groups -OCH3 is 1. The molecule has 4 nitrogen and oxygen atoms in total. The Hall–Kier alpha value is -1.84. The summed E-state index contributed by atoms with van der Waals surface area (Å²) in [7, 11) is 1.55. The van der Waals surface area contributed by atoms with E-state index in [9.17, 15) is 9.59 Å². The topological polar surface area (TPSA) is 63.6 Å². The molecule has 0 aliphatic rings.